The molecule has 0 aromatic carbocycles. The summed E-state index contributed by atoms with van der Waals surface area (Å²) in [5.41, 5.74) is 1.72. The van der Waals surface area contributed by atoms with Crippen LogP contribution in [0.15, 0.2) is 12.4 Å². The Balaban J connectivity index is 1.95. The molecule has 3 rings (SSSR count). The highest BCUT2D eigenvalue weighted by Crippen LogP contribution is 2.39. The molecule has 2 aromatic heterocycles. The molecule has 100 valence electrons. The van der Waals surface area contributed by atoms with E-state index >= 15 is 0 Å². The third-order valence-electron chi connectivity index (χ3n) is 3.39. The van der Waals surface area contributed by atoms with Crippen molar-refractivity contribution in [2.24, 2.45) is 0 Å². The third kappa shape index (κ3) is 2.06. The maximum atomic E-state index is 11.2. The lowest BCUT2D eigenvalue weighted by Gasteiger charge is -2.02. The van der Waals surface area contributed by atoms with Gasteiger partial charge >= 0.3 is 5.97 Å². The summed E-state index contributed by atoms with van der Waals surface area (Å²) in [7, 11) is 0. The molecule has 6 heteroatoms. The van der Waals surface area contributed by atoms with E-state index in [4.69, 9.17) is 5.11 Å². The molecule has 2 heterocycles. The van der Waals surface area contributed by atoms with Gasteiger partial charge < -0.3 is 5.11 Å². The van der Waals surface area contributed by atoms with Crippen molar-refractivity contribution in [3.63, 3.8) is 0 Å². The summed E-state index contributed by atoms with van der Waals surface area (Å²) in [4.78, 5) is 16.8. The monoisotopic (exact) mass is 277 g/mol. The fourth-order valence-electron chi connectivity index (χ4n) is 2.32. The standard InChI is InChI=1S/C13H15N3O2S/c1-7(2)16-6-8(5-14-16)12-15-11-9(13(17)18)3-4-10(11)19-12/h5-7,9H,3-4H2,1-2H3,(H,17,18). The lowest BCUT2D eigenvalue weighted by atomic mass is 10.1. The van der Waals surface area contributed by atoms with Crippen molar-refractivity contribution >= 4 is 17.3 Å². The van der Waals surface area contributed by atoms with E-state index in [0.717, 1.165) is 27.6 Å². The maximum absolute atomic E-state index is 11.2. The van der Waals surface area contributed by atoms with Crippen LogP contribution >= 0.6 is 11.3 Å². The Labute approximate surface area is 114 Å². The van der Waals surface area contributed by atoms with Crippen LogP contribution in [0.4, 0.5) is 0 Å². The van der Waals surface area contributed by atoms with E-state index in [1.165, 1.54) is 0 Å². The molecule has 0 spiro atoms. The van der Waals surface area contributed by atoms with E-state index in [9.17, 15) is 4.79 Å². The Morgan fingerprint density at radius 1 is 1.58 bits per heavy atom. The van der Waals surface area contributed by atoms with Crippen molar-refractivity contribution in [2.45, 2.75) is 38.6 Å². The van der Waals surface area contributed by atoms with Gasteiger partial charge in [-0.15, -0.1) is 11.3 Å². The highest BCUT2D eigenvalue weighted by atomic mass is 32.1. The van der Waals surface area contributed by atoms with Crippen LogP contribution in [0.5, 0.6) is 0 Å². The second kappa shape index (κ2) is 4.45. The molecule has 1 N–H and O–H groups in total. The second-order valence-electron chi connectivity index (χ2n) is 5.06. The minimum absolute atomic E-state index is 0.312. The van der Waals surface area contributed by atoms with E-state index in [2.05, 4.69) is 23.9 Å². The summed E-state index contributed by atoms with van der Waals surface area (Å²) < 4.78 is 1.89. The Kier molecular flexibility index (Phi) is 2.89. The van der Waals surface area contributed by atoms with Crippen molar-refractivity contribution in [3.05, 3.63) is 23.0 Å². The maximum Gasteiger partial charge on any atom is 0.312 e. The summed E-state index contributed by atoms with van der Waals surface area (Å²) in [6.45, 7) is 4.14. The molecular formula is C13H15N3O2S. The van der Waals surface area contributed by atoms with E-state index in [1.54, 1.807) is 17.5 Å². The van der Waals surface area contributed by atoms with Gasteiger partial charge in [0.1, 0.15) is 10.9 Å². The van der Waals surface area contributed by atoms with E-state index in [0.29, 0.717) is 12.5 Å². The number of carbonyl (C=O) groups is 1. The molecule has 1 aliphatic carbocycles. The number of rotatable bonds is 3. The number of nitrogens with zero attached hydrogens (tertiary/aromatic N) is 3. The predicted octanol–water partition coefficient (Wildman–Crippen LogP) is 2.70. The average molecular weight is 277 g/mol. The number of aryl methyl sites for hydroxylation is 1. The van der Waals surface area contributed by atoms with Crippen molar-refractivity contribution in [2.75, 3.05) is 0 Å². The third-order valence-corrected chi connectivity index (χ3v) is 4.57. The van der Waals surface area contributed by atoms with E-state index < -0.39 is 11.9 Å². The van der Waals surface area contributed by atoms with Gasteiger partial charge in [0.15, 0.2) is 0 Å². The molecule has 2 aromatic rings. The van der Waals surface area contributed by atoms with Gasteiger partial charge in [-0.25, -0.2) is 4.98 Å². The zero-order valence-corrected chi connectivity index (χ0v) is 11.6. The van der Waals surface area contributed by atoms with Gasteiger partial charge in [-0.05, 0) is 26.7 Å². The Bertz CT molecular complexity index is 630. The van der Waals surface area contributed by atoms with Crippen LogP contribution in [0.25, 0.3) is 10.6 Å². The van der Waals surface area contributed by atoms with E-state index in [1.807, 2.05) is 10.9 Å². The molecule has 19 heavy (non-hydrogen) atoms. The first-order valence-corrected chi connectivity index (χ1v) is 7.15. The minimum Gasteiger partial charge on any atom is -0.481 e. The number of hydrogen-bond donors (Lipinski definition) is 1. The lowest BCUT2D eigenvalue weighted by molar-refractivity contribution is -0.138. The van der Waals surface area contributed by atoms with Gasteiger partial charge in [0.05, 0.1) is 11.9 Å². The smallest absolute Gasteiger partial charge is 0.312 e. The number of fused-ring (bicyclic) bond motifs is 1. The Morgan fingerprint density at radius 2 is 2.37 bits per heavy atom. The SMILES string of the molecule is CC(C)n1cc(-c2nc3c(s2)CCC3C(=O)O)cn1. The second-order valence-corrected chi connectivity index (χ2v) is 6.14. The molecule has 1 unspecified atom stereocenters. The Morgan fingerprint density at radius 3 is 3.00 bits per heavy atom. The quantitative estimate of drug-likeness (QED) is 0.936. The van der Waals surface area contributed by atoms with Gasteiger partial charge in [0.25, 0.3) is 0 Å². The highest BCUT2D eigenvalue weighted by molar-refractivity contribution is 7.15. The average Bonchev–Trinajstić information content (AvgIpc) is 3.02. The topological polar surface area (TPSA) is 68.0 Å². The van der Waals surface area contributed by atoms with E-state index in [-0.39, 0.29) is 0 Å². The zero-order valence-electron chi connectivity index (χ0n) is 10.8. The van der Waals surface area contributed by atoms with Crippen molar-refractivity contribution in [1.82, 2.24) is 14.8 Å². The number of aromatic nitrogens is 3. The van der Waals surface area contributed by atoms with Crippen LogP contribution in [0.1, 0.15) is 42.8 Å². The first-order valence-electron chi connectivity index (χ1n) is 6.33. The molecule has 0 saturated carbocycles. The molecule has 1 aliphatic rings. The molecule has 0 amide bonds. The molecule has 1 atom stereocenters. The number of carboxylic acids is 1. The summed E-state index contributed by atoms with van der Waals surface area (Å²) in [5, 5.41) is 14.3. The predicted molar refractivity (Wildman–Crippen MR) is 72.4 cm³/mol. The zero-order chi connectivity index (χ0) is 13.6. The summed E-state index contributed by atoms with van der Waals surface area (Å²) in [6.07, 6.45) is 5.26. The number of thiazole rings is 1. The largest absolute Gasteiger partial charge is 0.481 e. The number of hydrogen-bond acceptors (Lipinski definition) is 4. The van der Waals surface area contributed by atoms with Crippen LogP contribution in [-0.4, -0.2) is 25.8 Å². The first-order chi connectivity index (χ1) is 9.06. The molecule has 0 aliphatic heterocycles. The van der Waals surface area contributed by atoms with Crippen LogP contribution in [-0.2, 0) is 11.2 Å². The lowest BCUT2D eigenvalue weighted by Crippen LogP contribution is -2.08. The van der Waals surface area contributed by atoms with Gasteiger partial charge in [-0.1, -0.05) is 0 Å². The van der Waals surface area contributed by atoms with Crippen molar-refractivity contribution < 1.29 is 9.90 Å². The van der Waals surface area contributed by atoms with Gasteiger partial charge in [-0.2, -0.15) is 5.10 Å². The van der Waals surface area contributed by atoms with Gasteiger partial charge in [-0.3, -0.25) is 9.48 Å². The fourth-order valence-corrected chi connectivity index (χ4v) is 3.43. The van der Waals surface area contributed by atoms with Crippen LogP contribution in [0.2, 0.25) is 0 Å². The molecular weight excluding hydrogens is 262 g/mol. The summed E-state index contributed by atoms with van der Waals surface area (Å²) in [5.74, 6) is -1.20. The van der Waals surface area contributed by atoms with Crippen LogP contribution in [0.3, 0.4) is 0 Å². The first kappa shape index (κ1) is 12.3. The van der Waals surface area contributed by atoms with Crippen LogP contribution in [0, 0.1) is 0 Å². The molecule has 0 saturated heterocycles. The van der Waals surface area contributed by atoms with Crippen molar-refractivity contribution in [1.29, 1.82) is 0 Å². The molecule has 0 radical (unpaired) electrons. The molecule has 0 bridgehead atoms. The minimum atomic E-state index is -0.770. The number of aliphatic carboxylic acids is 1. The fraction of sp³-hybridized carbons (Fsp3) is 0.462. The normalized spacial score (nSPS) is 17.9. The number of carboxylic acid groups (broad SMARTS) is 1. The summed E-state index contributed by atoms with van der Waals surface area (Å²) >= 11 is 1.59. The van der Waals surface area contributed by atoms with Crippen LogP contribution < -0.4 is 0 Å². The van der Waals surface area contributed by atoms with Crippen molar-refractivity contribution in [3.8, 4) is 10.6 Å². The molecule has 0 fully saturated rings. The van der Waals surface area contributed by atoms with Gasteiger partial charge in [0.2, 0.25) is 0 Å². The van der Waals surface area contributed by atoms with Gasteiger partial charge in [0, 0.05) is 22.7 Å². The molecule has 5 nitrogen and oxygen atoms in total. The highest BCUT2D eigenvalue weighted by Gasteiger charge is 2.32. The Hall–Kier alpha value is -1.69. The summed E-state index contributed by atoms with van der Waals surface area (Å²) in [6, 6.07) is 0.312.